The standard InChI is InChI=1S/C17H14N2O4S/c20-16-7-3-6-14(17(16)21)11-18-19-24(22,23)15-9-8-12-4-1-2-5-13(12)10-15/h1-11,19-21H/b18-11+. The summed E-state index contributed by atoms with van der Waals surface area (Å²) in [6, 6.07) is 16.5. The fourth-order valence-electron chi connectivity index (χ4n) is 2.21. The van der Waals surface area contributed by atoms with Crippen LogP contribution in [0, 0.1) is 0 Å². The second kappa shape index (κ2) is 6.21. The van der Waals surface area contributed by atoms with Crippen LogP contribution in [0.25, 0.3) is 10.8 Å². The maximum Gasteiger partial charge on any atom is 0.276 e. The zero-order valence-corrected chi connectivity index (χ0v) is 13.2. The van der Waals surface area contributed by atoms with Gasteiger partial charge in [-0.05, 0) is 35.0 Å². The molecule has 0 aromatic heterocycles. The summed E-state index contributed by atoms with van der Waals surface area (Å²) >= 11 is 0. The van der Waals surface area contributed by atoms with Gasteiger partial charge in [-0.2, -0.15) is 13.5 Å². The summed E-state index contributed by atoms with van der Waals surface area (Å²) in [7, 11) is -3.84. The molecule has 0 aliphatic heterocycles. The lowest BCUT2D eigenvalue weighted by Gasteiger charge is -2.05. The average Bonchev–Trinajstić information content (AvgIpc) is 2.58. The van der Waals surface area contributed by atoms with Crippen LogP contribution in [0.2, 0.25) is 0 Å². The molecule has 0 saturated carbocycles. The van der Waals surface area contributed by atoms with E-state index in [9.17, 15) is 18.6 Å². The maximum absolute atomic E-state index is 12.3. The van der Waals surface area contributed by atoms with Crippen molar-refractivity contribution in [1.82, 2.24) is 4.83 Å². The topological polar surface area (TPSA) is 99.0 Å². The SMILES string of the molecule is O=S(=O)(N/N=C/c1cccc(O)c1O)c1ccc2ccccc2c1. The number of hydrogen-bond acceptors (Lipinski definition) is 5. The Kier molecular flexibility index (Phi) is 4.09. The lowest BCUT2D eigenvalue weighted by Crippen LogP contribution is -2.18. The van der Waals surface area contributed by atoms with E-state index in [1.165, 1.54) is 24.3 Å². The summed E-state index contributed by atoms with van der Waals surface area (Å²) in [5.41, 5.74) is 0.191. The first-order valence-corrected chi connectivity index (χ1v) is 8.50. The Bertz CT molecular complexity index is 1030. The first kappa shape index (κ1) is 15.8. The van der Waals surface area contributed by atoms with E-state index in [-0.39, 0.29) is 22.0 Å². The van der Waals surface area contributed by atoms with E-state index in [0.29, 0.717) is 0 Å². The van der Waals surface area contributed by atoms with Crippen molar-refractivity contribution in [2.75, 3.05) is 0 Å². The molecule has 0 amide bonds. The Morgan fingerprint density at radius 1 is 0.917 bits per heavy atom. The Morgan fingerprint density at radius 3 is 2.46 bits per heavy atom. The van der Waals surface area contributed by atoms with Crippen molar-refractivity contribution in [1.29, 1.82) is 0 Å². The third-order valence-corrected chi connectivity index (χ3v) is 4.67. The molecule has 0 saturated heterocycles. The number of phenolic OH excluding ortho intramolecular Hbond substituents is 2. The van der Waals surface area contributed by atoms with Gasteiger partial charge in [-0.15, -0.1) is 0 Å². The van der Waals surface area contributed by atoms with Gasteiger partial charge in [-0.25, -0.2) is 4.83 Å². The van der Waals surface area contributed by atoms with Gasteiger partial charge in [-0.3, -0.25) is 0 Å². The van der Waals surface area contributed by atoms with Gasteiger partial charge in [0.1, 0.15) is 0 Å². The summed E-state index contributed by atoms with van der Waals surface area (Å²) in [6.07, 6.45) is 1.12. The first-order valence-electron chi connectivity index (χ1n) is 7.02. The highest BCUT2D eigenvalue weighted by molar-refractivity contribution is 7.89. The van der Waals surface area contributed by atoms with Crippen molar-refractivity contribution in [3.63, 3.8) is 0 Å². The minimum Gasteiger partial charge on any atom is -0.504 e. The molecule has 0 fully saturated rings. The number of benzene rings is 3. The van der Waals surface area contributed by atoms with Crippen LogP contribution < -0.4 is 4.83 Å². The zero-order valence-electron chi connectivity index (χ0n) is 12.4. The van der Waals surface area contributed by atoms with E-state index in [1.54, 1.807) is 12.1 Å². The third-order valence-electron chi connectivity index (χ3n) is 3.45. The molecule has 0 bridgehead atoms. The lowest BCUT2D eigenvalue weighted by atomic mass is 10.1. The van der Waals surface area contributed by atoms with Crippen LogP contribution in [0.15, 0.2) is 70.7 Å². The molecular formula is C17H14N2O4S. The van der Waals surface area contributed by atoms with Crippen molar-refractivity contribution in [2.45, 2.75) is 4.90 Å². The fraction of sp³-hybridized carbons (Fsp3) is 0. The molecule has 7 heteroatoms. The van der Waals surface area contributed by atoms with Crippen molar-refractivity contribution < 1.29 is 18.6 Å². The molecule has 0 radical (unpaired) electrons. The van der Waals surface area contributed by atoms with E-state index in [4.69, 9.17) is 0 Å². The van der Waals surface area contributed by atoms with E-state index in [2.05, 4.69) is 9.93 Å². The van der Waals surface area contributed by atoms with Crippen molar-refractivity contribution >= 4 is 27.0 Å². The summed E-state index contributed by atoms with van der Waals surface area (Å²) in [5.74, 6) is -0.678. The molecule has 0 aliphatic carbocycles. The molecule has 0 aliphatic rings. The zero-order chi connectivity index (χ0) is 17.2. The predicted octanol–water partition coefficient (Wildman–Crippen LogP) is 2.56. The number of rotatable bonds is 4. The van der Waals surface area contributed by atoms with Gasteiger partial charge in [-0.1, -0.05) is 36.4 Å². The minimum atomic E-state index is -3.84. The van der Waals surface area contributed by atoms with E-state index in [1.807, 2.05) is 24.3 Å². The highest BCUT2D eigenvalue weighted by Gasteiger charge is 2.13. The van der Waals surface area contributed by atoms with Gasteiger partial charge in [0.05, 0.1) is 11.1 Å². The second-order valence-electron chi connectivity index (χ2n) is 5.08. The molecule has 122 valence electrons. The summed E-state index contributed by atoms with van der Waals surface area (Å²) in [6.45, 7) is 0. The van der Waals surface area contributed by atoms with Crippen molar-refractivity contribution in [2.24, 2.45) is 5.10 Å². The number of nitrogens with one attached hydrogen (secondary N) is 1. The summed E-state index contributed by atoms with van der Waals surface area (Å²) in [4.78, 5) is 2.17. The number of phenols is 2. The lowest BCUT2D eigenvalue weighted by molar-refractivity contribution is 0.403. The smallest absolute Gasteiger partial charge is 0.276 e. The fourth-order valence-corrected chi connectivity index (χ4v) is 3.03. The van der Waals surface area contributed by atoms with E-state index < -0.39 is 10.0 Å². The number of sulfonamides is 1. The quantitative estimate of drug-likeness (QED) is 0.385. The molecule has 3 aromatic carbocycles. The predicted molar refractivity (Wildman–Crippen MR) is 91.6 cm³/mol. The average molecular weight is 342 g/mol. The summed E-state index contributed by atoms with van der Waals surface area (Å²) in [5, 5.41) is 24.4. The van der Waals surface area contributed by atoms with Gasteiger partial charge in [0.25, 0.3) is 10.0 Å². The van der Waals surface area contributed by atoms with Crippen LogP contribution in [-0.2, 0) is 10.0 Å². The van der Waals surface area contributed by atoms with Gasteiger partial charge >= 0.3 is 0 Å². The molecule has 6 nitrogen and oxygen atoms in total. The Balaban J connectivity index is 1.85. The van der Waals surface area contributed by atoms with Crippen LogP contribution in [0.5, 0.6) is 11.5 Å². The van der Waals surface area contributed by atoms with Gasteiger partial charge in [0.15, 0.2) is 11.5 Å². The molecule has 3 aromatic rings. The third kappa shape index (κ3) is 3.16. The highest BCUT2D eigenvalue weighted by atomic mass is 32.2. The highest BCUT2D eigenvalue weighted by Crippen LogP contribution is 2.26. The number of para-hydroxylation sites is 1. The molecule has 3 N–H and O–H groups in total. The Morgan fingerprint density at radius 2 is 1.67 bits per heavy atom. The number of hydrazone groups is 1. The molecule has 24 heavy (non-hydrogen) atoms. The molecule has 0 heterocycles. The molecule has 0 atom stereocenters. The number of fused-ring (bicyclic) bond motifs is 1. The first-order chi connectivity index (χ1) is 11.5. The molecular weight excluding hydrogens is 328 g/mol. The van der Waals surface area contributed by atoms with Crippen LogP contribution in [0.1, 0.15) is 5.56 Å². The van der Waals surface area contributed by atoms with Crippen LogP contribution in [-0.4, -0.2) is 24.8 Å². The van der Waals surface area contributed by atoms with E-state index >= 15 is 0 Å². The minimum absolute atomic E-state index is 0.0819. The van der Waals surface area contributed by atoms with Crippen LogP contribution in [0.4, 0.5) is 0 Å². The van der Waals surface area contributed by atoms with Crippen molar-refractivity contribution in [3.8, 4) is 11.5 Å². The second-order valence-corrected chi connectivity index (χ2v) is 6.74. The van der Waals surface area contributed by atoms with Crippen molar-refractivity contribution in [3.05, 3.63) is 66.2 Å². The van der Waals surface area contributed by atoms with E-state index in [0.717, 1.165) is 17.0 Å². The maximum atomic E-state index is 12.3. The molecule has 3 rings (SSSR count). The Labute approximate surface area is 138 Å². The largest absolute Gasteiger partial charge is 0.504 e. The molecule has 0 unspecified atom stereocenters. The van der Waals surface area contributed by atoms with Gasteiger partial charge in [0, 0.05) is 5.56 Å². The van der Waals surface area contributed by atoms with Gasteiger partial charge in [0.2, 0.25) is 0 Å². The van der Waals surface area contributed by atoms with Crippen LogP contribution >= 0.6 is 0 Å². The number of nitrogens with zero attached hydrogens (tertiary/aromatic N) is 1. The number of hydrogen-bond donors (Lipinski definition) is 3. The monoisotopic (exact) mass is 342 g/mol. The normalized spacial score (nSPS) is 11.8. The van der Waals surface area contributed by atoms with Gasteiger partial charge < -0.3 is 10.2 Å². The summed E-state index contributed by atoms with van der Waals surface area (Å²) < 4.78 is 24.6. The Hall–Kier alpha value is -3.06. The molecule has 0 spiro atoms. The van der Waals surface area contributed by atoms with Crippen LogP contribution in [0.3, 0.4) is 0 Å². The number of aromatic hydroxyl groups is 2.